The van der Waals surface area contributed by atoms with Crippen LogP contribution in [0.3, 0.4) is 0 Å². The molecule has 0 spiro atoms. The molecule has 10 nitrogen and oxygen atoms in total. The molecule has 10 heteroatoms. The van der Waals surface area contributed by atoms with Crippen molar-refractivity contribution in [3.8, 4) is 0 Å². The van der Waals surface area contributed by atoms with Crippen molar-refractivity contribution >= 4 is 23.9 Å². The normalized spacial score (nSPS) is 14.4. The molecule has 198 valence electrons. The Bertz CT molecular complexity index is 551. The van der Waals surface area contributed by atoms with Crippen molar-refractivity contribution in [1.82, 2.24) is 0 Å². The largest absolute Gasteiger partial charge is 0.463 e. The number of aliphatic hydroxyl groups is 2. The molecule has 2 N–H and O–H groups in total. The Morgan fingerprint density at radius 1 is 0.500 bits per heavy atom. The van der Waals surface area contributed by atoms with Gasteiger partial charge in [0.25, 0.3) is 0 Å². The lowest BCUT2D eigenvalue weighted by atomic mass is 10.1. The first-order valence-corrected chi connectivity index (χ1v) is 12.2. The van der Waals surface area contributed by atoms with E-state index in [1.807, 2.05) is 0 Å². The molecule has 0 aliphatic carbocycles. The van der Waals surface area contributed by atoms with E-state index in [0.29, 0.717) is 0 Å². The number of carbonyl (C=O) groups is 4. The minimum atomic E-state index is -1.27. The molecule has 0 radical (unpaired) electrons. The molecule has 0 fully saturated rings. The number of unbranched alkanes of at least 4 members (excludes halogenated alkanes) is 9. The maximum Gasteiger partial charge on any atom is 0.347 e. The Morgan fingerprint density at radius 2 is 0.765 bits per heavy atom. The highest BCUT2D eigenvalue weighted by Crippen LogP contribution is 2.11. The predicted octanol–water partition coefficient (Wildman–Crippen LogP) is 2.60. The third-order valence-corrected chi connectivity index (χ3v) is 4.96. The van der Waals surface area contributed by atoms with Crippen molar-refractivity contribution < 1.29 is 48.3 Å². The fraction of sp³-hybridized carbons (Fsp3) is 0.833. The molecule has 0 bridgehead atoms. The molecule has 0 aromatic heterocycles. The van der Waals surface area contributed by atoms with Crippen molar-refractivity contribution in [2.75, 3.05) is 13.2 Å². The van der Waals surface area contributed by atoms with Gasteiger partial charge in [0.1, 0.15) is 12.2 Å². The van der Waals surface area contributed by atoms with Gasteiger partial charge in [-0.1, -0.05) is 51.4 Å². The third kappa shape index (κ3) is 16.4. The molecule has 0 rings (SSSR count). The first-order chi connectivity index (χ1) is 16.1. The number of aliphatic hydroxyl groups excluding tert-OH is 2. The van der Waals surface area contributed by atoms with E-state index in [9.17, 15) is 19.2 Å². The van der Waals surface area contributed by atoms with Crippen molar-refractivity contribution in [2.45, 2.75) is 116 Å². The van der Waals surface area contributed by atoms with Crippen LogP contribution in [0.5, 0.6) is 0 Å². The van der Waals surface area contributed by atoms with Crippen LogP contribution in [0.25, 0.3) is 0 Å². The van der Waals surface area contributed by atoms with Gasteiger partial charge in [0.2, 0.25) is 0 Å². The topological polar surface area (TPSA) is 146 Å². The maximum absolute atomic E-state index is 11.7. The van der Waals surface area contributed by atoms with Gasteiger partial charge in [0, 0.05) is 0 Å². The van der Waals surface area contributed by atoms with Gasteiger partial charge in [-0.3, -0.25) is 0 Å². The van der Waals surface area contributed by atoms with Crippen molar-refractivity contribution in [3.63, 3.8) is 0 Å². The highest BCUT2D eigenvalue weighted by molar-refractivity contribution is 5.81. The summed E-state index contributed by atoms with van der Waals surface area (Å²) in [4.78, 5) is 45.8. The highest BCUT2D eigenvalue weighted by atomic mass is 16.6. The molecule has 34 heavy (non-hydrogen) atoms. The summed E-state index contributed by atoms with van der Waals surface area (Å²) in [7, 11) is 0. The lowest BCUT2D eigenvalue weighted by Crippen LogP contribution is -2.30. The van der Waals surface area contributed by atoms with Crippen LogP contribution in [0.2, 0.25) is 0 Å². The van der Waals surface area contributed by atoms with E-state index in [1.54, 1.807) is 0 Å². The van der Waals surface area contributed by atoms with E-state index in [4.69, 9.17) is 29.2 Å². The van der Waals surface area contributed by atoms with Gasteiger partial charge in [-0.05, 0) is 40.5 Å². The van der Waals surface area contributed by atoms with Crippen LogP contribution in [0.15, 0.2) is 0 Å². The van der Waals surface area contributed by atoms with E-state index < -0.39 is 48.3 Å². The minimum absolute atomic E-state index is 0.280. The van der Waals surface area contributed by atoms with E-state index in [-0.39, 0.29) is 13.2 Å². The van der Waals surface area contributed by atoms with Crippen LogP contribution in [0, 0.1) is 0 Å². The van der Waals surface area contributed by atoms with Crippen LogP contribution >= 0.6 is 0 Å². The second-order valence-electron chi connectivity index (χ2n) is 8.38. The smallest absolute Gasteiger partial charge is 0.347 e. The molecule has 0 aliphatic heterocycles. The number of ether oxygens (including phenoxy) is 4. The van der Waals surface area contributed by atoms with Crippen molar-refractivity contribution in [1.29, 1.82) is 0 Å². The van der Waals surface area contributed by atoms with E-state index in [2.05, 4.69) is 0 Å². The van der Waals surface area contributed by atoms with Crippen LogP contribution in [0.4, 0.5) is 0 Å². The highest BCUT2D eigenvalue weighted by Gasteiger charge is 2.22. The van der Waals surface area contributed by atoms with Crippen LogP contribution < -0.4 is 0 Å². The quantitative estimate of drug-likeness (QED) is 0.157. The van der Waals surface area contributed by atoms with Gasteiger partial charge in [-0.2, -0.15) is 0 Å². The second-order valence-corrected chi connectivity index (χ2v) is 8.38. The molecule has 0 heterocycles. The average Bonchev–Trinajstić information content (AvgIpc) is 2.78. The summed E-state index contributed by atoms with van der Waals surface area (Å²) in [5, 5.41) is 18.1. The van der Waals surface area contributed by atoms with Crippen LogP contribution in [0.1, 0.15) is 91.9 Å². The Hall–Kier alpha value is -2.20. The number of esters is 4. The summed E-state index contributed by atoms with van der Waals surface area (Å²) in [6.45, 7) is 5.92. The summed E-state index contributed by atoms with van der Waals surface area (Å²) in [6.07, 6.45) is 5.38. The molecule has 4 atom stereocenters. The molecular formula is C24H42O10. The van der Waals surface area contributed by atoms with Gasteiger partial charge in [-0.25, -0.2) is 19.2 Å². The Labute approximate surface area is 202 Å². The van der Waals surface area contributed by atoms with Gasteiger partial charge in [0.05, 0.1) is 13.2 Å². The fourth-order valence-corrected chi connectivity index (χ4v) is 2.84. The zero-order valence-corrected chi connectivity index (χ0v) is 21.0. The number of rotatable bonds is 19. The number of hydrogen-bond donors (Lipinski definition) is 2. The zero-order valence-electron chi connectivity index (χ0n) is 21.0. The third-order valence-electron chi connectivity index (χ3n) is 4.96. The summed E-state index contributed by atoms with van der Waals surface area (Å²) in [5.74, 6) is -2.93. The first-order valence-electron chi connectivity index (χ1n) is 12.2. The number of carbonyl (C=O) groups excluding carboxylic acids is 4. The molecule has 0 saturated carbocycles. The average molecular weight is 491 g/mol. The van der Waals surface area contributed by atoms with Crippen molar-refractivity contribution in [2.24, 2.45) is 0 Å². The molecule has 0 aliphatic rings. The Kier molecular flexibility index (Phi) is 17.9. The molecule has 0 amide bonds. The Morgan fingerprint density at radius 3 is 1.03 bits per heavy atom. The first kappa shape index (κ1) is 31.8. The standard InChI is InChI=1S/C24H42O10/c1-17(25)21(27)33-19(3)23(29)31-15-13-11-9-7-5-6-8-10-12-14-16-32-24(30)20(4)34-22(28)18(2)26/h17-20,25-26H,5-16H2,1-4H3. The SMILES string of the molecule is CC(O)C(=O)OC(C)C(=O)OCCCCCCCCCCCCOC(=O)C(C)OC(=O)C(C)O. The lowest BCUT2D eigenvalue weighted by Gasteiger charge is -2.13. The summed E-state index contributed by atoms with van der Waals surface area (Å²) >= 11 is 0. The number of hydrogen-bond acceptors (Lipinski definition) is 10. The van der Waals surface area contributed by atoms with Gasteiger partial charge in [-0.15, -0.1) is 0 Å². The summed E-state index contributed by atoms with van der Waals surface area (Å²) in [6, 6.07) is 0. The minimum Gasteiger partial charge on any atom is -0.463 e. The van der Waals surface area contributed by atoms with E-state index in [1.165, 1.54) is 27.7 Å². The van der Waals surface area contributed by atoms with Crippen molar-refractivity contribution in [3.05, 3.63) is 0 Å². The van der Waals surface area contributed by atoms with Crippen LogP contribution in [-0.2, 0) is 38.1 Å². The molecule has 0 aromatic carbocycles. The van der Waals surface area contributed by atoms with E-state index >= 15 is 0 Å². The predicted molar refractivity (Wildman–Crippen MR) is 123 cm³/mol. The lowest BCUT2D eigenvalue weighted by molar-refractivity contribution is -0.171. The van der Waals surface area contributed by atoms with Gasteiger partial charge < -0.3 is 29.2 Å². The van der Waals surface area contributed by atoms with Gasteiger partial charge >= 0.3 is 23.9 Å². The molecule has 4 unspecified atom stereocenters. The van der Waals surface area contributed by atoms with Crippen LogP contribution in [-0.4, -0.2) is 71.7 Å². The fourth-order valence-electron chi connectivity index (χ4n) is 2.84. The molecule has 0 aromatic rings. The molecule has 0 saturated heterocycles. The summed E-state index contributed by atoms with van der Waals surface area (Å²) < 4.78 is 19.7. The maximum atomic E-state index is 11.7. The monoisotopic (exact) mass is 490 g/mol. The second kappa shape index (κ2) is 19.1. The van der Waals surface area contributed by atoms with Gasteiger partial charge in [0.15, 0.2) is 12.2 Å². The summed E-state index contributed by atoms with van der Waals surface area (Å²) in [5.41, 5.74) is 0. The van der Waals surface area contributed by atoms with E-state index in [0.717, 1.165) is 64.2 Å². The zero-order chi connectivity index (χ0) is 25.9. The molecular weight excluding hydrogens is 448 g/mol. The Balaban J connectivity index is 3.50.